The summed E-state index contributed by atoms with van der Waals surface area (Å²) in [5.74, 6) is -0.149. The van der Waals surface area contributed by atoms with Crippen LogP contribution < -0.4 is 11.1 Å². The van der Waals surface area contributed by atoms with Gasteiger partial charge in [0, 0.05) is 13.2 Å². The molecule has 1 rings (SSSR count). The number of oxime groups is 1. The molecule has 1 atom stereocenters. The highest BCUT2D eigenvalue weighted by molar-refractivity contribution is 6.06. The summed E-state index contributed by atoms with van der Waals surface area (Å²) < 4.78 is 5.62. The second-order valence-electron chi connectivity index (χ2n) is 5.77. The van der Waals surface area contributed by atoms with E-state index in [0.717, 1.165) is 38.7 Å². The SMILES string of the molecule is CCCC(CCC)(C(=O)NCC1CCCCO1)C(N)=NO. The Hall–Kier alpha value is -1.30. The Labute approximate surface area is 127 Å². The number of carbonyl (C=O) groups excluding carboxylic acids is 1. The van der Waals surface area contributed by atoms with Crippen LogP contribution in [0.25, 0.3) is 0 Å². The maximum atomic E-state index is 12.6. The van der Waals surface area contributed by atoms with Crippen LogP contribution in [0.2, 0.25) is 0 Å². The van der Waals surface area contributed by atoms with Gasteiger partial charge in [0.15, 0.2) is 5.84 Å². The number of rotatable bonds is 8. The minimum absolute atomic E-state index is 0.00765. The van der Waals surface area contributed by atoms with Crippen molar-refractivity contribution in [3.05, 3.63) is 0 Å². The van der Waals surface area contributed by atoms with E-state index in [2.05, 4.69) is 10.5 Å². The summed E-state index contributed by atoms with van der Waals surface area (Å²) in [6.45, 7) is 5.24. The van der Waals surface area contributed by atoms with E-state index in [1.165, 1.54) is 0 Å². The van der Waals surface area contributed by atoms with Crippen molar-refractivity contribution in [2.75, 3.05) is 13.2 Å². The Morgan fingerprint density at radius 1 is 1.38 bits per heavy atom. The molecule has 1 amide bonds. The monoisotopic (exact) mass is 299 g/mol. The van der Waals surface area contributed by atoms with Gasteiger partial charge in [0.2, 0.25) is 5.91 Å². The fourth-order valence-electron chi connectivity index (χ4n) is 3.02. The molecule has 0 saturated carbocycles. The zero-order valence-corrected chi connectivity index (χ0v) is 13.2. The van der Waals surface area contributed by atoms with Crippen molar-refractivity contribution in [1.29, 1.82) is 0 Å². The second kappa shape index (κ2) is 8.87. The van der Waals surface area contributed by atoms with Gasteiger partial charge < -0.3 is 21.0 Å². The molecular formula is C15H29N3O3. The molecule has 0 aliphatic carbocycles. The van der Waals surface area contributed by atoms with Gasteiger partial charge in [-0.2, -0.15) is 0 Å². The van der Waals surface area contributed by atoms with E-state index in [0.29, 0.717) is 19.4 Å². The average molecular weight is 299 g/mol. The third kappa shape index (κ3) is 4.59. The van der Waals surface area contributed by atoms with Gasteiger partial charge in [0.1, 0.15) is 5.41 Å². The number of hydrogen-bond donors (Lipinski definition) is 3. The van der Waals surface area contributed by atoms with E-state index < -0.39 is 5.41 Å². The number of nitrogens with two attached hydrogens (primary N) is 1. The van der Waals surface area contributed by atoms with Crippen molar-refractivity contribution >= 4 is 11.7 Å². The molecule has 0 radical (unpaired) electrons. The molecule has 4 N–H and O–H groups in total. The second-order valence-corrected chi connectivity index (χ2v) is 5.77. The first-order valence-electron chi connectivity index (χ1n) is 7.98. The molecule has 0 bridgehead atoms. The molecule has 1 unspecified atom stereocenters. The summed E-state index contributed by atoms with van der Waals surface area (Å²) in [5, 5.41) is 15.1. The molecule has 1 aliphatic heterocycles. The Kier molecular flexibility index (Phi) is 7.50. The molecule has 1 fully saturated rings. The first-order valence-corrected chi connectivity index (χ1v) is 7.98. The molecule has 122 valence electrons. The van der Waals surface area contributed by atoms with Gasteiger partial charge in [-0.05, 0) is 32.1 Å². The third-order valence-corrected chi connectivity index (χ3v) is 4.15. The summed E-state index contributed by atoms with van der Waals surface area (Å²) >= 11 is 0. The van der Waals surface area contributed by atoms with Gasteiger partial charge in [0.25, 0.3) is 0 Å². The number of ether oxygens (including phenoxy) is 1. The Balaban J connectivity index is 2.73. The van der Waals surface area contributed by atoms with Gasteiger partial charge in [-0.15, -0.1) is 0 Å². The predicted molar refractivity (Wildman–Crippen MR) is 82.3 cm³/mol. The molecule has 6 nitrogen and oxygen atoms in total. The Bertz CT molecular complexity index is 346. The number of amidine groups is 1. The molecule has 1 heterocycles. The lowest BCUT2D eigenvalue weighted by atomic mass is 9.77. The van der Waals surface area contributed by atoms with Gasteiger partial charge in [-0.1, -0.05) is 31.8 Å². The number of amides is 1. The molecule has 21 heavy (non-hydrogen) atoms. The van der Waals surface area contributed by atoms with E-state index in [9.17, 15) is 4.79 Å². The van der Waals surface area contributed by atoms with Gasteiger partial charge in [-0.25, -0.2) is 0 Å². The van der Waals surface area contributed by atoms with Crippen LogP contribution in [-0.2, 0) is 9.53 Å². The van der Waals surface area contributed by atoms with Crippen molar-refractivity contribution in [2.24, 2.45) is 16.3 Å². The molecule has 0 aromatic carbocycles. The van der Waals surface area contributed by atoms with Crippen molar-refractivity contribution in [2.45, 2.75) is 64.9 Å². The summed E-state index contributed by atoms with van der Waals surface area (Å²) in [7, 11) is 0. The van der Waals surface area contributed by atoms with Crippen LogP contribution in [0.5, 0.6) is 0 Å². The van der Waals surface area contributed by atoms with E-state index in [1.807, 2.05) is 13.8 Å². The van der Waals surface area contributed by atoms with Gasteiger partial charge >= 0.3 is 0 Å². The van der Waals surface area contributed by atoms with E-state index in [-0.39, 0.29) is 17.8 Å². The number of nitrogens with one attached hydrogen (secondary N) is 1. The Morgan fingerprint density at radius 3 is 2.52 bits per heavy atom. The van der Waals surface area contributed by atoms with Crippen molar-refractivity contribution in [3.63, 3.8) is 0 Å². The maximum absolute atomic E-state index is 12.6. The molecule has 0 aromatic rings. The molecule has 1 saturated heterocycles. The highest BCUT2D eigenvalue weighted by atomic mass is 16.5. The van der Waals surface area contributed by atoms with Crippen LogP contribution in [0.1, 0.15) is 58.8 Å². The van der Waals surface area contributed by atoms with Crippen LogP contribution in [-0.4, -0.2) is 36.2 Å². The highest BCUT2D eigenvalue weighted by Gasteiger charge is 2.41. The highest BCUT2D eigenvalue weighted by Crippen LogP contribution is 2.31. The minimum atomic E-state index is -0.910. The third-order valence-electron chi connectivity index (χ3n) is 4.15. The van der Waals surface area contributed by atoms with Crippen LogP contribution in [0.15, 0.2) is 5.16 Å². The van der Waals surface area contributed by atoms with Crippen LogP contribution in [0.3, 0.4) is 0 Å². The molecule has 1 aliphatic rings. The zero-order valence-electron chi connectivity index (χ0n) is 13.2. The van der Waals surface area contributed by atoms with Gasteiger partial charge in [-0.3, -0.25) is 4.79 Å². The summed E-state index contributed by atoms with van der Waals surface area (Å²) in [6.07, 6.45) is 6.02. The molecular weight excluding hydrogens is 270 g/mol. The first kappa shape index (κ1) is 17.8. The van der Waals surface area contributed by atoms with E-state index in [4.69, 9.17) is 15.7 Å². The summed E-state index contributed by atoms with van der Waals surface area (Å²) in [5.41, 5.74) is 4.93. The zero-order chi connectivity index (χ0) is 15.7. The maximum Gasteiger partial charge on any atom is 0.234 e. The van der Waals surface area contributed by atoms with E-state index in [1.54, 1.807) is 0 Å². The normalized spacial score (nSPS) is 20.3. The van der Waals surface area contributed by atoms with Crippen molar-refractivity contribution in [1.82, 2.24) is 5.32 Å². The molecule has 0 aromatic heterocycles. The van der Waals surface area contributed by atoms with Crippen LogP contribution in [0, 0.1) is 5.41 Å². The molecule has 0 spiro atoms. The standard InChI is InChI=1S/C15H29N3O3/c1-3-8-15(9-4-2,13(16)18-20)14(19)17-11-12-7-5-6-10-21-12/h12,20H,3-11H2,1-2H3,(H2,16,18)(H,17,19). The first-order chi connectivity index (χ1) is 10.1. The smallest absolute Gasteiger partial charge is 0.234 e. The van der Waals surface area contributed by atoms with E-state index >= 15 is 0 Å². The Morgan fingerprint density at radius 2 is 2.05 bits per heavy atom. The average Bonchev–Trinajstić information content (AvgIpc) is 2.52. The lowest BCUT2D eigenvalue weighted by Crippen LogP contribution is -2.51. The van der Waals surface area contributed by atoms with Crippen molar-refractivity contribution in [3.8, 4) is 0 Å². The van der Waals surface area contributed by atoms with Crippen LogP contribution >= 0.6 is 0 Å². The number of carbonyl (C=O) groups is 1. The largest absolute Gasteiger partial charge is 0.409 e. The quantitative estimate of drug-likeness (QED) is 0.276. The number of hydrogen-bond acceptors (Lipinski definition) is 4. The topological polar surface area (TPSA) is 96.9 Å². The minimum Gasteiger partial charge on any atom is -0.409 e. The van der Waals surface area contributed by atoms with Gasteiger partial charge in [0.05, 0.1) is 6.10 Å². The molecule has 6 heteroatoms. The fourth-order valence-corrected chi connectivity index (χ4v) is 3.02. The summed E-state index contributed by atoms with van der Waals surface area (Å²) in [6, 6.07) is 0. The van der Waals surface area contributed by atoms with Crippen molar-refractivity contribution < 1.29 is 14.7 Å². The number of nitrogens with zero attached hydrogens (tertiary/aromatic N) is 1. The predicted octanol–water partition coefficient (Wildman–Crippen LogP) is 2.00. The lowest BCUT2D eigenvalue weighted by molar-refractivity contribution is -0.129. The lowest BCUT2D eigenvalue weighted by Gasteiger charge is -2.32. The summed E-state index contributed by atoms with van der Waals surface area (Å²) in [4.78, 5) is 12.6. The van der Waals surface area contributed by atoms with Crippen LogP contribution in [0.4, 0.5) is 0 Å². The fraction of sp³-hybridized carbons (Fsp3) is 0.867.